The highest BCUT2D eigenvalue weighted by atomic mass is 35.5. The Hall–Kier alpha value is -1.89. The second kappa shape index (κ2) is 10.6. The Morgan fingerprint density at radius 1 is 1.00 bits per heavy atom. The van der Waals surface area contributed by atoms with E-state index in [9.17, 15) is 0 Å². The molecule has 1 N–H and O–H groups in total. The summed E-state index contributed by atoms with van der Waals surface area (Å²) < 4.78 is 11.6. The van der Waals surface area contributed by atoms with E-state index in [2.05, 4.69) is 39.2 Å². The van der Waals surface area contributed by atoms with Gasteiger partial charge in [-0.3, -0.25) is 4.90 Å². The number of piperazine rings is 1. The zero-order valence-corrected chi connectivity index (χ0v) is 17.7. The summed E-state index contributed by atoms with van der Waals surface area (Å²) in [5, 5.41) is 3.42. The predicted octanol–water partition coefficient (Wildman–Crippen LogP) is 3.32. The van der Waals surface area contributed by atoms with Gasteiger partial charge in [-0.2, -0.15) is 0 Å². The van der Waals surface area contributed by atoms with Crippen LogP contribution in [0.1, 0.15) is 6.92 Å². The van der Waals surface area contributed by atoms with Gasteiger partial charge in [0.2, 0.25) is 0 Å². The number of ether oxygens (including phenoxy) is 2. The van der Waals surface area contributed by atoms with Gasteiger partial charge in [0.05, 0.1) is 5.69 Å². The van der Waals surface area contributed by atoms with E-state index in [0.717, 1.165) is 55.7 Å². The zero-order valence-electron chi connectivity index (χ0n) is 16.0. The smallest absolute Gasteiger partial charge is 0.184 e. The number of para-hydroxylation sites is 1. The molecule has 0 unspecified atom stereocenters. The molecule has 1 aromatic heterocycles. The van der Waals surface area contributed by atoms with E-state index < -0.39 is 0 Å². The van der Waals surface area contributed by atoms with Crippen molar-refractivity contribution in [3.63, 3.8) is 0 Å². The van der Waals surface area contributed by atoms with E-state index in [-0.39, 0.29) is 24.8 Å². The molecule has 1 saturated heterocycles. The summed E-state index contributed by atoms with van der Waals surface area (Å²) in [5.41, 5.74) is 1.15. The molecule has 4 rings (SSSR count). The van der Waals surface area contributed by atoms with Crippen molar-refractivity contribution in [3.8, 4) is 11.5 Å². The molecule has 1 atom stereocenters. The molecule has 0 amide bonds. The number of hydrogen-bond donors (Lipinski definition) is 1. The van der Waals surface area contributed by atoms with Crippen molar-refractivity contribution in [2.45, 2.75) is 13.0 Å². The molecule has 1 aromatic carbocycles. The molecule has 0 spiro atoms. The molecule has 8 heteroatoms. The first-order valence-electron chi connectivity index (χ1n) is 9.34. The lowest BCUT2D eigenvalue weighted by Crippen LogP contribution is -2.51. The molecule has 0 bridgehead atoms. The highest BCUT2D eigenvalue weighted by Crippen LogP contribution is 2.39. The van der Waals surface area contributed by atoms with Gasteiger partial charge in [0, 0.05) is 45.0 Å². The topological polar surface area (TPSA) is 49.9 Å². The Morgan fingerprint density at radius 3 is 2.54 bits per heavy atom. The third kappa shape index (κ3) is 5.13. The number of hydrogen-bond acceptors (Lipinski definition) is 6. The fourth-order valence-electron chi connectivity index (χ4n) is 3.56. The number of fused-ring (bicyclic) bond motifs is 1. The lowest BCUT2D eigenvalue weighted by molar-refractivity contribution is 0.170. The predicted molar refractivity (Wildman–Crippen MR) is 118 cm³/mol. The van der Waals surface area contributed by atoms with Gasteiger partial charge in [-0.25, -0.2) is 4.98 Å². The molecule has 6 nitrogen and oxygen atoms in total. The number of nitrogens with zero attached hydrogens (tertiary/aromatic N) is 3. The van der Waals surface area contributed by atoms with Crippen LogP contribution in [-0.2, 0) is 0 Å². The van der Waals surface area contributed by atoms with E-state index >= 15 is 0 Å². The van der Waals surface area contributed by atoms with Crippen LogP contribution in [0.25, 0.3) is 0 Å². The first kappa shape index (κ1) is 22.4. The normalized spacial score (nSPS) is 17.1. The summed E-state index contributed by atoms with van der Waals surface area (Å²) >= 11 is 0. The Bertz CT molecular complexity index is 727. The number of rotatable bonds is 5. The number of benzene rings is 1. The Morgan fingerprint density at radius 2 is 1.79 bits per heavy atom. The molecule has 0 saturated carbocycles. The summed E-state index contributed by atoms with van der Waals surface area (Å²) in [6, 6.07) is 12.6. The zero-order chi connectivity index (χ0) is 17.8. The highest BCUT2D eigenvalue weighted by molar-refractivity contribution is 5.85. The van der Waals surface area contributed by atoms with Gasteiger partial charge in [0.15, 0.2) is 11.5 Å². The third-order valence-electron chi connectivity index (χ3n) is 5.07. The van der Waals surface area contributed by atoms with Gasteiger partial charge in [-0.1, -0.05) is 12.1 Å². The fourth-order valence-corrected chi connectivity index (χ4v) is 3.56. The van der Waals surface area contributed by atoms with Crippen LogP contribution < -0.4 is 19.7 Å². The van der Waals surface area contributed by atoms with Gasteiger partial charge in [0.25, 0.3) is 0 Å². The highest BCUT2D eigenvalue weighted by Gasteiger charge is 2.25. The maximum Gasteiger partial charge on any atom is 0.184 e. The van der Waals surface area contributed by atoms with Crippen molar-refractivity contribution in [1.29, 1.82) is 0 Å². The van der Waals surface area contributed by atoms with Crippen LogP contribution >= 0.6 is 24.8 Å². The lowest BCUT2D eigenvalue weighted by Gasteiger charge is -2.40. The first-order chi connectivity index (χ1) is 12.8. The van der Waals surface area contributed by atoms with E-state index in [1.54, 1.807) is 0 Å². The van der Waals surface area contributed by atoms with Gasteiger partial charge < -0.3 is 19.7 Å². The van der Waals surface area contributed by atoms with Crippen LogP contribution in [0.4, 0.5) is 11.5 Å². The van der Waals surface area contributed by atoms with Crippen LogP contribution in [0.15, 0.2) is 42.6 Å². The van der Waals surface area contributed by atoms with Crippen molar-refractivity contribution < 1.29 is 9.47 Å². The minimum atomic E-state index is 0. The van der Waals surface area contributed by atoms with Crippen molar-refractivity contribution in [1.82, 2.24) is 9.88 Å². The van der Waals surface area contributed by atoms with Crippen LogP contribution in [0.5, 0.6) is 11.5 Å². The summed E-state index contributed by atoms with van der Waals surface area (Å²) in [4.78, 5) is 9.26. The van der Waals surface area contributed by atoms with E-state index in [1.807, 2.05) is 30.5 Å². The van der Waals surface area contributed by atoms with Crippen molar-refractivity contribution in [2.24, 2.45) is 0 Å². The minimum Gasteiger partial charge on any atom is -0.486 e. The number of anilines is 2. The number of aromatic nitrogens is 1. The summed E-state index contributed by atoms with van der Waals surface area (Å²) in [7, 11) is 0. The fraction of sp³-hybridized carbons (Fsp3) is 0.450. The molecular formula is C20H28Cl2N4O2. The number of nitrogens with one attached hydrogen (secondary N) is 1. The van der Waals surface area contributed by atoms with Gasteiger partial charge in [-0.05, 0) is 31.2 Å². The number of halogens is 2. The summed E-state index contributed by atoms with van der Waals surface area (Å²) in [6.45, 7) is 8.49. The van der Waals surface area contributed by atoms with Crippen LogP contribution in [0.2, 0.25) is 0 Å². The van der Waals surface area contributed by atoms with Crippen molar-refractivity contribution >= 4 is 36.3 Å². The maximum atomic E-state index is 5.87. The molecule has 2 aliphatic rings. The van der Waals surface area contributed by atoms with E-state index in [4.69, 9.17) is 9.47 Å². The second-order valence-electron chi connectivity index (χ2n) is 6.77. The Labute approximate surface area is 179 Å². The minimum absolute atomic E-state index is 0. The molecule has 1 fully saturated rings. The molecule has 2 aliphatic heterocycles. The van der Waals surface area contributed by atoms with E-state index in [0.29, 0.717) is 19.3 Å². The maximum absolute atomic E-state index is 5.87. The van der Waals surface area contributed by atoms with Gasteiger partial charge in [0.1, 0.15) is 19.0 Å². The van der Waals surface area contributed by atoms with Gasteiger partial charge in [-0.15, -0.1) is 24.8 Å². The Kier molecular flexibility index (Phi) is 8.48. The molecule has 2 aromatic rings. The second-order valence-corrected chi connectivity index (χ2v) is 6.77. The quantitative estimate of drug-likeness (QED) is 0.790. The molecule has 28 heavy (non-hydrogen) atoms. The first-order valence-corrected chi connectivity index (χ1v) is 9.34. The largest absolute Gasteiger partial charge is 0.486 e. The summed E-state index contributed by atoms with van der Waals surface area (Å²) in [5.74, 6) is 2.70. The Balaban J connectivity index is 0.00000140. The lowest BCUT2D eigenvalue weighted by atomic mass is 10.2. The molecule has 0 radical (unpaired) electrons. The third-order valence-corrected chi connectivity index (χ3v) is 5.07. The van der Waals surface area contributed by atoms with Crippen molar-refractivity contribution in [3.05, 3.63) is 42.6 Å². The SMILES string of the molecule is C[C@@H](CNc1ccccn1)N1CCN(c2cccc3c2OCCO3)CC1.Cl.Cl. The van der Waals surface area contributed by atoms with E-state index in [1.165, 1.54) is 0 Å². The van der Waals surface area contributed by atoms with Crippen LogP contribution in [0.3, 0.4) is 0 Å². The van der Waals surface area contributed by atoms with Crippen LogP contribution in [0, 0.1) is 0 Å². The number of pyridine rings is 1. The molecule has 154 valence electrons. The average molecular weight is 427 g/mol. The standard InChI is InChI=1S/C20H26N4O2.2ClH/c1-16(15-22-19-7-2-3-8-21-19)23-9-11-24(12-10-23)17-5-4-6-18-20(17)26-14-13-25-18;;/h2-8,16H,9-15H2,1H3,(H,21,22);2*1H/t16-;;/m0../s1. The molecular weight excluding hydrogens is 399 g/mol. The summed E-state index contributed by atoms with van der Waals surface area (Å²) in [6.07, 6.45) is 1.82. The average Bonchev–Trinajstić information content (AvgIpc) is 2.72. The monoisotopic (exact) mass is 426 g/mol. The van der Waals surface area contributed by atoms with Gasteiger partial charge >= 0.3 is 0 Å². The van der Waals surface area contributed by atoms with Crippen molar-refractivity contribution in [2.75, 3.05) is 56.2 Å². The van der Waals surface area contributed by atoms with Crippen LogP contribution in [-0.4, -0.2) is 61.9 Å². The molecule has 0 aliphatic carbocycles. The molecule has 3 heterocycles.